The van der Waals surface area contributed by atoms with E-state index in [2.05, 4.69) is 25.3 Å². The maximum Gasteiger partial charge on any atom is 0.239 e. The summed E-state index contributed by atoms with van der Waals surface area (Å²) in [6.07, 6.45) is 2.83. The van der Waals surface area contributed by atoms with Crippen LogP contribution in [0.3, 0.4) is 0 Å². The topological polar surface area (TPSA) is 139 Å². The highest BCUT2D eigenvalue weighted by molar-refractivity contribution is 6.06. The van der Waals surface area contributed by atoms with E-state index in [4.69, 9.17) is 4.74 Å². The Kier molecular flexibility index (Phi) is 6.03. The number of hydrogen-bond donors (Lipinski definition) is 4. The number of hydrogen-bond acceptors (Lipinski definition) is 9. The monoisotopic (exact) mass is 465 g/mol. The molecule has 2 aliphatic heterocycles. The van der Waals surface area contributed by atoms with Crippen LogP contribution in [0, 0.1) is 0 Å². The van der Waals surface area contributed by atoms with Gasteiger partial charge < -0.3 is 30.2 Å². The molecule has 2 aliphatic rings. The molecule has 1 fully saturated rings. The third kappa shape index (κ3) is 4.39. The maximum absolute atomic E-state index is 13.1. The number of nitrogens with one attached hydrogen (secondary N) is 2. The van der Waals surface area contributed by atoms with Crippen molar-refractivity contribution in [1.29, 1.82) is 0 Å². The van der Waals surface area contributed by atoms with E-state index in [-0.39, 0.29) is 11.8 Å². The molecule has 2 aromatic heterocycles. The molecule has 4 N–H and O–H groups in total. The van der Waals surface area contributed by atoms with E-state index in [0.717, 1.165) is 0 Å². The second-order valence-corrected chi connectivity index (χ2v) is 8.52. The second-order valence-electron chi connectivity index (χ2n) is 8.52. The fourth-order valence-electron chi connectivity index (χ4n) is 4.46. The van der Waals surface area contributed by atoms with Crippen LogP contribution in [-0.4, -0.2) is 99.1 Å². The minimum atomic E-state index is -0.541. The largest absolute Gasteiger partial charge is 0.494 e. The number of aromatic nitrogens is 3. The second kappa shape index (κ2) is 9.27. The Morgan fingerprint density at radius 1 is 1.24 bits per heavy atom. The van der Waals surface area contributed by atoms with Crippen LogP contribution in [0.2, 0.25) is 0 Å². The van der Waals surface area contributed by atoms with Gasteiger partial charge in [0.15, 0.2) is 5.88 Å². The first kappa shape index (κ1) is 22.1. The molecule has 3 aromatic rings. The lowest BCUT2D eigenvalue weighted by Crippen LogP contribution is -2.46. The molecular weight excluding hydrogens is 438 g/mol. The predicted octanol–water partition coefficient (Wildman–Crippen LogP) is 1.11. The van der Waals surface area contributed by atoms with Gasteiger partial charge in [0.1, 0.15) is 30.1 Å². The molecule has 0 saturated carbocycles. The van der Waals surface area contributed by atoms with Crippen molar-refractivity contribution >= 4 is 34.7 Å². The number of H-pyrrole nitrogens is 1. The number of amides is 1. The summed E-state index contributed by atoms with van der Waals surface area (Å²) in [4.78, 5) is 32.7. The lowest BCUT2D eigenvalue weighted by atomic mass is 10.1. The number of nitrogens with zero attached hydrogens (tertiary/aromatic N) is 5. The molecule has 1 amide bonds. The molecule has 11 heteroatoms. The molecule has 2 atom stereocenters. The lowest BCUT2D eigenvalue weighted by molar-refractivity contribution is -0.134. The van der Waals surface area contributed by atoms with Crippen molar-refractivity contribution in [2.45, 2.75) is 18.6 Å². The van der Waals surface area contributed by atoms with Gasteiger partial charge in [0.05, 0.1) is 28.8 Å². The summed E-state index contributed by atoms with van der Waals surface area (Å²) >= 11 is 0. The first-order valence-corrected chi connectivity index (χ1v) is 11.2. The van der Waals surface area contributed by atoms with Crippen LogP contribution in [0.25, 0.3) is 11.0 Å². The van der Waals surface area contributed by atoms with Crippen molar-refractivity contribution in [3.63, 3.8) is 0 Å². The number of anilines is 1. The number of benzene rings is 1. The number of fused-ring (bicyclic) bond motifs is 3. The van der Waals surface area contributed by atoms with Crippen LogP contribution in [0.15, 0.2) is 35.6 Å². The van der Waals surface area contributed by atoms with Crippen LogP contribution in [0.5, 0.6) is 11.6 Å². The number of aliphatic hydroxyl groups excluding tert-OH is 1. The van der Waals surface area contributed by atoms with Gasteiger partial charge in [-0.1, -0.05) is 6.07 Å². The smallest absolute Gasteiger partial charge is 0.239 e. The Morgan fingerprint density at radius 2 is 2.12 bits per heavy atom. The number of aromatic amines is 1. The van der Waals surface area contributed by atoms with Gasteiger partial charge in [-0.15, -0.1) is 0 Å². The minimum absolute atomic E-state index is 0.0404. The summed E-state index contributed by atoms with van der Waals surface area (Å²) in [6, 6.07) is 6.93. The first-order chi connectivity index (χ1) is 16.5. The Balaban J connectivity index is 1.50. The number of carbonyl (C=O) groups is 1. The standard InChI is InChI=1S/C23H27N7O4/c1-29-6-5-24-20-19-17(22(32)28-21(19)27-13-26-20)11-25-14-3-2-4-16(9-14)34-8-7-30-12-15(31)10-18(30)23(29)33/h2-4,9,11,13,15,18,31-32H,5-8,10,12H2,1H3,(H2,24,26,27,28)/t15-,18-/m1/s1. The van der Waals surface area contributed by atoms with Crippen LogP contribution >= 0.6 is 0 Å². The molecule has 11 nitrogen and oxygen atoms in total. The summed E-state index contributed by atoms with van der Waals surface area (Å²) in [5.74, 6) is 1.07. The van der Waals surface area contributed by atoms with Gasteiger partial charge in [-0.3, -0.25) is 14.7 Å². The van der Waals surface area contributed by atoms with Gasteiger partial charge in [0.25, 0.3) is 0 Å². The molecule has 4 heterocycles. The third-order valence-electron chi connectivity index (χ3n) is 6.20. The summed E-state index contributed by atoms with van der Waals surface area (Å²) in [5.41, 5.74) is 1.60. The van der Waals surface area contributed by atoms with E-state index in [9.17, 15) is 15.0 Å². The first-order valence-electron chi connectivity index (χ1n) is 11.2. The molecular formula is C23H27N7O4. The number of aromatic hydroxyl groups is 1. The van der Waals surface area contributed by atoms with Crippen molar-refractivity contribution in [2.75, 3.05) is 45.2 Å². The molecule has 178 valence electrons. The molecule has 0 spiro atoms. The van der Waals surface area contributed by atoms with E-state index in [1.54, 1.807) is 24.2 Å². The van der Waals surface area contributed by atoms with Crippen molar-refractivity contribution in [1.82, 2.24) is 24.8 Å². The van der Waals surface area contributed by atoms with Gasteiger partial charge in [-0.25, -0.2) is 9.97 Å². The molecule has 0 aliphatic carbocycles. The summed E-state index contributed by atoms with van der Waals surface area (Å²) < 4.78 is 5.91. The Morgan fingerprint density at radius 3 is 3.00 bits per heavy atom. The van der Waals surface area contributed by atoms with Gasteiger partial charge in [0.2, 0.25) is 5.91 Å². The van der Waals surface area contributed by atoms with Crippen LogP contribution < -0.4 is 10.1 Å². The predicted molar refractivity (Wildman–Crippen MR) is 127 cm³/mol. The fourth-order valence-corrected chi connectivity index (χ4v) is 4.46. The quantitative estimate of drug-likeness (QED) is 0.387. The Labute approximate surface area is 196 Å². The Hall–Kier alpha value is -3.70. The molecule has 5 rings (SSSR count). The van der Waals surface area contributed by atoms with Crippen molar-refractivity contribution in [3.05, 3.63) is 36.2 Å². The molecule has 2 bridgehead atoms. The zero-order valence-corrected chi connectivity index (χ0v) is 18.8. The molecule has 34 heavy (non-hydrogen) atoms. The van der Waals surface area contributed by atoms with E-state index in [1.165, 1.54) is 6.33 Å². The van der Waals surface area contributed by atoms with Gasteiger partial charge in [-0.05, 0) is 18.6 Å². The van der Waals surface area contributed by atoms with Crippen molar-refractivity contribution in [2.24, 2.45) is 4.99 Å². The van der Waals surface area contributed by atoms with Gasteiger partial charge in [0, 0.05) is 45.5 Å². The normalized spacial score (nSPS) is 22.1. The van der Waals surface area contributed by atoms with E-state index >= 15 is 0 Å². The zero-order chi connectivity index (χ0) is 23.7. The maximum atomic E-state index is 13.1. The van der Waals surface area contributed by atoms with Gasteiger partial charge in [-0.2, -0.15) is 0 Å². The SMILES string of the molecule is CN1CCNc2ncnc3[nH]c(O)c(c23)C=Nc2cccc(c2)OCCN2C[C@H](O)C[C@@H]2C1=O. The number of aliphatic hydroxyl groups is 1. The molecule has 0 unspecified atom stereocenters. The highest BCUT2D eigenvalue weighted by Gasteiger charge is 2.37. The highest BCUT2D eigenvalue weighted by atomic mass is 16.5. The molecule has 1 saturated heterocycles. The average molecular weight is 466 g/mol. The summed E-state index contributed by atoms with van der Waals surface area (Å²) in [7, 11) is 1.75. The van der Waals surface area contributed by atoms with Crippen LogP contribution in [-0.2, 0) is 4.79 Å². The third-order valence-corrected chi connectivity index (χ3v) is 6.20. The van der Waals surface area contributed by atoms with Crippen molar-refractivity contribution < 1.29 is 19.7 Å². The molecule has 0 radical (unpaired) electrons. The zero-order valence-electron chi connectivity index (χ0n) is 18.8. The number of aliphatic imine (C=N–C) groups is 1. The average Bonchev–Trinajstić information content (AvgIpc) is 3.35. The van der Waals surface area contributed by atoms with Crippen LogP contribution in [0.1, 0.15) is 12.0 Å². The van der Waals surface area contributed by atoms with E-state index in [0.29, 0.717) is 73.1 Å². The molecule has 1 aromatic carbocycles. The number of carbonyl (C=O) groups excluding carboxylic acids is 1. The van der Waals surface area contributed by atoms with E-state index < -0.39 is 12.1 Å². The summed E-state index contributed by atoms with van der Waals surface area (Å²) in [6.45, 7) is 2.21. The number of likely N-dealkylation sites (N-methyl/N-ethyl adjacent to an activating group) is 1. The highest BCUT2D eigenvalue weighted by Crippen LogP contribution is 2.30. The Bertz CT molecular complexity index is 1230. The number of ether oxygens (including phenoxy) is 1. The van der Waals surface area contributed by atoms with Crippen molar-refractivity contribution in [3.8, 4) is 11.6 Å². The fraction of sp³-hybridized carbons (Fsp3) is 0.391. The van der Waals surface area contributed by atoms with E-state index in [1.807, 2.05) is 23.1 Å². The summed E-state index contributed by atoms with van der Waals surface area (Å²) in [5, 5.41) is 24.5. The minimum Gasteiger partial charge on any atom is -0.494 e. The van der Waals surface area contributed by atoms with Crippen LogP contribution in [0.4, 0.5) is 11.5 Å². The lowest BCUT2D eigenvalue weighted by Gasteiger charge is -2.27. The number of rotatable bonds is 0. The van der Waals surface area contributed by atoms with Gasteiger partial charge >= 0.3 is 0 Å².